The van der Waals surface area contributed by atoms with Crippen LogP contribution >= 0.6 is 0 Å². The van der Waals surface area contributed by atoms with Gasteiger partial charge in [-0.15, -0.1) is 0 Å². The van der Waals surface area contributed by atoms with Gasteiger partial charge in [0.15, 0.2) is 17.6 Å². The molecule has 134 valence electrons. The fraction of sp³-hybridized carbons (Fsp3) is 0.300. The Morgan fingerprint density at radius 1 is 1.27 bits per heavy atom. The van der Waals surface area contributed by atoms with Crippen molar-refractivity contribution in [3.05, 3.63) is 48.0 Å². The van der Waals surface area contributed by atoms with Crippen molar-refractivity contribution in [2.75, 3.05) is 24.3 Å². The number of nitrogens with zero attached hydrogens (tertiary/aromatic N) is 2. The Morgan fingerprint density at radius 2 is 2.08 bits per heavy atom. The molecule has 26 heavy (non-hydrogen) atoms. The van der Waals surface area contributed by atoms with Gasteiger partial charge in [0.05, 0.1) is 7.11 Å². The molecule has 1 unspecified atom stereocenters. The summed E-state index contributed by atoms with van der Waals surface area (Å²) in [5.74, 6) is 1.17. The Morgan fingerprint density at radius 3 is 2.77 bits per heavy atom. The molecule has 2 aromatic rings. The van der Waals surface area contributed by atoms with Crippen molar-refractivity contribution in [2.45, 2.75) is 25.4 Å². The second kappa shape index (κ2) is 7.36. The lowest BCUT2D eigenvalue weighted by Crippen LogP contribution is -2.24. The van der Waals surface area contributed by atoms with Gasteiger partial charge in [0.2, 0.25) is 5.91 Å². The van der Waals surface area contributed by atoms with Crippen LogP contribution in [0.4, 0.5) is 11.4 Å². The molecule has 2 atom stereocenters. The zero-order chi connectivity index (χ0) is 18.7. The van der Waals surface area contributed by atoms with E-state index < -0.39 is 6.10 Å². The number of anilines is 2. The number of carbonyl (C=O) groups excluding carboxylic acids is 1. The summed E-state index contributed by atoms with van der Waals surface area (Å²) in [4.78, 5) is 14.2. The van der Waals surface area contributed by atoms with E-state index >= 15 is 0 Å². The summed E-state index contributed by atoms with van der Waals surface area (Å²) in [6.45, 7) is 2.24. The number of rotatable bonds is 5. The summed E-state index contributed by atoms with van der Waals surface area (Å²) in [5.41, 5.74) is 8.25. The van der Waals surface area contributed by atoms with E-state index in [0.717, 1.165) is 11.3 Å². The fourth-order valence-electron chi connectivity index (χ4n) is 3.13. The molecule has 0 radical (unpaired) electrons. The molecule has 0 saturated carbocycles. The van der Waals surface area contributed by atoms with Crippen LogP contribution in [-0.4, -0.2) is 25.7 Å². The van der Waals surface area contributed by atoms with Crippen LogP contribution in [0.2, 0.25) is 0 Å². The predicted octanol–water partition coefficient (Wildman–Crippen LogP) is 3.09. The summed E-state index contributed by atoms with van der Waals surface area (Å²) >= 11 is 0. The molecule has 6 heteroatoms. The second-order valence-electron chi connectivity index (χ2n) is 6.30. The van der Waals surface area contributed by atoms with Crippen molar-refractivity contribution in [3.8, 4) is 17.6 Å². The van der Waals surface area contributed by atoms with Crippen LogP contribution in [-0.2, 0) is 4.79 Å². The molecule has 0 aliphatic carbocycles. The van der Waals surface area contributed by atoms with Crippen LogP contribution in [0.1, 0.15) is 24.8 Å². The highest BCUT2D eigenvalue weighted by molar-refractivity contribution is 5.96. The van der Waals surface area contributed by atoms with Crippen molar-refractivity contribution in [1.29, 1.82) is 5.26 Å². The number of nitrogens with two attached hydrogens (primary N) is 1. The molecular formula is C20H21N3O3. The lowest BCUT2D eigenvalue weighted by atomic mass is 9.98. The average Bonchev–Trinajstić information content (AvgIpc) is 3.03. The Bertz CT molecular complexity index is 860. The summed E-state index contributed by atoms with van der Waals surface area (Å²) in [5, 5.41) is 8.98. The Labute approximate surface area is 152 Å². The molecular weight excluding hydrogens is 330 g/mol. The number of hydrogen-bond acceptors (Lipinski definition) is 5. The van der Waals surface area contributed by atoms with Crippen LogP contribution in [0.5, 0.6) is 11.5 Å². The van der Waals surface area contributed by atoms with Crippen molar-refractivity contribution in [2.24, 2.45) is 0 Å². The number of nitriles is 1. The van der Waals surface area contributed by atoms with Gasteiger partial charge in [-0.05, 0) is 42.8 Å². The molecule has 1 aliphatic heterocycles. The maximum atomic E-state index is 12.5. The molecule has 1 amide bonds. The van der Waals surface area contributed by atoms with Gasteiger partial charge in [0.1, 0.15) is 6.07 Å². The van der Waals surface area contributed by atoms with E-state index in [1.165, 1.54) is 0 Å². The van der Waals surface area contributed by atoms with Gasteiger partial charge >= 0.3 is 0 Å². The topological polar surface area (TPSA) is 88.6 Å². The van der Waals surface area contributed by atoms with Gasteiger partial charge < -0.3 is 20.1 Å². The van der Waals surface area contributed by atoms with Gasteiger partial charge in [-0.25, -0.2) is 0 Å². The third-order valence-electron chi connectivity index (χ3n) is 4.45. The minimum atomic E-state index is -0.590. The second-order valence-corrected chi connectivity index (χ2v) is 6.30. The molecule has 2 aromatic carbocycles. The summed E-state index contributed by atoms with van der Waals surface area (Å²) in [6.07, 6.45) is -0.179. The van der Waals surface area contributed by atoms with Crippen molar-refractivity contribution >= 4 is 17.3 Å². The van der Waals surface area contributed by atoms with Crippen LogP contribution in [0.25, 0.3) is 0 Å². The van der Waals surface area contributed by atoms with Gasteiger partial charge in [-0.1, -0.05) is 12.1 Å². The molecule has 1 saturated heterocycles. The van der Waals surface area contributed by atoms with E-state index in [-0.39, 0.29) is 11.8 Å². The summed E-state index contributed by atoms with van der Waals surface area (Å²) in [7, 11) is 1.56. The third-order valence-corrected chi connectivity index (χ3v) is 4.45. The minimum Gasteiger partial charge on any atom is -0.493 e. The quantitative estimate of drug-likeness (QED) is 0.836. The number of ether oxygens (including phenoxy) is 2. The van der Waals surface area contributed by atoms with Gasteiger partial charge in [-0.2, -0.15) is 5.26 Å². The Kier molecular flexibility index (Phi) is 4.99. The Balaban J connectivity index is 1.85. The first kappa shape index (κ1) is 17.6. The standard InChI is InChI=1S/C20H21N3O3/c1-13(11-21)26-19-8-14(6-7-18(19)25-2)15-9-20(24)23(12-15)17-5-3-4-16(22)10-17/h3-8,10,13,15H,9,12,22H2,1-2H3/t13?,15-/m0/s1. The molecule has 0 aromatic heterocycles. The zero-order valence-corrected chi connectivity index (χ0v) is 14.8. The number of carbonyl (C=O) groups is 1. The summed E-state index contributed by atoms with van der Waals surface area (Å²) < 4.78 is 10.9. The van der Waals surface area contributed by atoms with Gasteiger partial charge in [-0.3, -0.25) is 4.79 Å². The van der Waals surface area contributed by atoms with Gasteiger partial charge in [0, 0.05) is 30.3 Å². The van der Waals surface area contributed by atoms with Crippen LogP contribution < -0.4 is 20.1 Å². The van der Waals surface area contributed by atoms with E-state index in [1.807, 2.05) is 36.4 Å². The number of methoxy groups -OCH3 is 1. The molecule has 3 rings (SSSR count). The van der Waals surface area contributed by atoms with E-state index in [1.54, 1.807) is 31.1 Å². The van der Waals surface area contributed by atoms with Crippen molar-refractivity contribution < 1.29 is 14.3 Å². The van der Waals surface area contributed by atoms with Crippen LogP contribution in [0.3, 0.4) is 0 Å². The monoisotopic (exact) mass is 351 g/mol. The molecule has 1 fully saturated rings. The molecule has 0 bridgehead atoms. The minimum absolute atomic E-state index is 0.0366. The predicted molar refractivity (Wildman–Crippen MR) is 99.3 cm³/mol. The number of nitrogen functional groups attached to an aromatic ring is 1. The van der Waals surface area contributed by atoms with E-state index in [4.69, 9.17) is 20.5 Å². The smallest absolute Gasteiger partial charge is 0.227 e. The first-order chi connectivity index (χ1) is 12.5. The molecule has 2 N–H and O–H groups in total. The lowest BCUT2D eigenvalue weighted by Gasteiger charge is -2.18. The largest absolute Gasteiger partial charge is 0.493 e. The fourth-order valence-corrected chi connectivity index (χ4v) is 3.13. The third kappa shape index (κ3) is 3.57. The first-order valence-electron chi connectivity index (χ1n) is 8.42. The number of benzene rings is 2. The Hall–Kier alpha value is -3.20. The molecule has 1 heterocycles. The lowest BCUT2D eigenvalue weighted by molar-refractivity contribution is -0.117. The maximum Gasteiger partial charge on any atom is 0.227 e. The van der Waals surface area contributed by atoms with E-state index in [2.05, 4.69) is 0 Å². The van der Waals surface area contributed by atoms with Crippen LogP contribution in [0.15, 0.2) is 42.5 Å². The summed E-state index contributed by atoms with van der Waals surface area (Å²) in [6, 6.07) is 15.0. The number of hydrogen-bond donors (Lipinski definition) is 1. The average molecular weight is 351 g/mol. The highest BCUT2D eigenvalue weighted by atomic mass is 16.5. The zero-order valence-electron chi connectivity index (χ0n) is 14.8. The molecule has 0 spiro atoms. The van der Waals surface area contributed by atoms with Gasteiger partial charge in [0.25, 0.3) is 0 Å². The normalized spacial score (nSPS) is 17.7. The first-order valence-corrected chi connectivity index (χ1v) is 8.42. The molecule has 1 aliphatic rings. The molecule has 6 nitrogen and oxygen atoms in total. The van der Waals surface area contributed by atoms with Crippen molar-refractivity contribution in [3.63, 3.8) is 0 Å². The SMILES string of the molecule is COc1ccc([C@H]2CC(=O)N(c3cccc(N)c3)C2)cc1OC(C)C#N. The highest BCUT2D eigenvalue weighted by Crippen LogP contribution is 2.37. The highest BCUT2D eigenvalue weighted by Gasteiger charge is 2.32. The maximum absolute atomic E-state index is 12.5. The number of amides is 1. The van der Waals surface area contributed by atoms with E-state index in [9.17, 15) is 4.79 Å². The van der Waals surface area contributed by atoms with E-state index in [0.29, 0.717) is 30.2 Å². The van der Waals surface area contributed by atoms with Crippen LogP contribution in [0, 0.1) is 11.3 Å². The van der Waals surface area contributed by atoms with Crippen molar-refractivity contribution in [1.82, 2.24) is 0 Å².